The molecule has 2 heterocycles. The van der Waals surface area contributed by atoms with E-state index in [1.165, 1.54) is 163 Å². The molecule has 0 N–H and O–H groups in total. The van der Waals surface area contributed by atoms with Gasteiger partial charge in [0.2, 0.25) is 0 Å². The van der Waals surface area contributed by atoms with E-state index >= 15 is 0 Å². The van der Waals surface area contributed by atoms with Gasteiger partial charge in [0.05, 0.1) is 0 Å². The van der Waals surface area contributed by atoms with Crippen molar-refractivity contribution in [1.82, 2.24) is 0 Å². The largest absolute Gasteiger partial charge is 0.135 e. The molecule has 0 fully saturated rings. The van der Waals surface area contributed by atoms with Crippen LogP contribution in [0, 0.1) is 0 Å². The fourth-order valence-corrected chi connectivity index (χ4v) is 15.1. The van der Waals surface area contributed by atoms with Crippen LogP contribution in [0.25, 0.3) is 163 Å². The number of hydrogen-bond acceptors (Lipinski definition) is 2. The Hall–Kier alpha value is -10.5. The van der Waals surface area contributed by atoms with E-state index in [0.29, 0.717) is 0 Å². The van der Waals surface area contributed by atoms with Crippen LogP contribution < -0.4 is 0 Å². The number of rotatable bonds is 11. The molecule has 16 rings (SSSR count). The number of thiophene rings is 2. The van der Waals surface area contributed by atoms with E-state index in [2.05, 4.69) is 328 Å². The second kappa shape index (κ2) is 21.9. The third-order valence-corrected chi connectivity index (χ3v) is 19.6. The lowest BCUT2D eigenvalue weighted by molar-refractivity contribution is 1.58. The van der Waals surface area contributed by atoms with E-state index in [4.69, 9.17) is 0 Å². The van der Waals surface area contributed by atoms with E-state index in [1.54, 1.807) is 0 Å². The van der Waals surface area contributed by atoms with E-state index in [-0.39, 0.29) is 0 Å². The van der Waals surface area contributed by atoms with Crippen LogP contribution in [0.4, 0.5) is 0 Å². The molecule has 0 spiro atoms. The number of hydrogen-bond donors (Lipinski definition) is 0. The minimum Gasteiger partial charge on any atom is -0.135 e. The Kier molecular flexibility index (Phi) is 13.1. The van der Waals surface area contributed by atoms with Gasteiger partial charge < -0.3 is 0 Å². The van der Waals surface area contributed by atoms with Gasteiger partial charge in [-0.2, -0.15) is 0 Å². The SMILES string of the molecule is c1ccc(-c2ccc(-c3ccc4sc5c(-c6ccccc6-c6ccccc6-c6cc(-c7ccc(-c8ccccc8)cc7)cc7c6sc6ccc(-c8ccc(-c9ccccc9)cc8)cc67)cc(-c6ccc(-c7ccccc7)cc6)cc5c4c3)cc2)cc1. The van der Waals surface area contributed by atoms with Crippen LogP contribution in [0.1, 0.15) is 0 Å². The molecule has 16 aromatic rings. The Balaban J connectivity index is 0.864. The fraction of sp³-hybridized carbons (Fsp3) is 0. The van der Waals surface area contributed by atoms with E-state index in [9.17, 15) is 0 Å². The summed E-state index contributed by atoms with van der Waals surface area (Å²) >= 11 is 3.80. The molecule has 0 amide bonds. The Labute approximate surface area is 509 Å². The first-order valence-corrected chi connectivity index (χ1v) is 31.1. The molecule has 0 saturated heterocycles. The fourth-order valence-electron chi connectivity index (χ4n) is 12.7. The van der Waals surface area contributed by atoms with Gasteiger partial charge in [-0.3, -0.25) is 0 Å². The zero-order chi connectivity index (χ0) is 56.9. The Morgan fingerprint density at radius 3 is 0.640 bits per heavy atom. The van der Waals surface area contributed by atoms with Gasteiger partial charge >= 0.3 is 0 Å². The average molecular weight is 1130 g/mol. The van der Waals surface area contributed by atoms with Crippen molar-refractivity contribution in [3.05, 3.63) is 328 Å². The van der Waals surface area contributed by atoms with E-state index < -0.39 is 0 Å². The van der Waals surface area contributed by atoms with Crippen LogP contribution in [0.5, 0.6) is 0 Å². The Bertz CT molecular complexity index is 4810. The molecule has 0 unspecified atom stereocenters. The second-order valence-electron chi connectivity index (χ2n) is 22.3. The summed E-state index contributed by atoms with van der Waals surface area (Å²) in [5, 5.41) is 5.06. The van der Waals surface area contributed by atoms with Gasteiger partial charge in [0, 0.05) is 51.5 Å². The van der Waals surface area contributed by atoms with E-state index in [1.807, 2.05) is 22.7 Å². The maximum Gasteiger partial charge on any atom is 0.0434 e. The highest BCUT2D eigenvalue weighted by Crippen LogP contribution is 2.50. The normalized spacial score (nSPS) is 11.5. The molecule has 2 heteroatoms. The maximum absolute atomic E-state index is 2.45. The molecule has 0 bridgehead atoms. The minimum atomic E-state index is 1.19. The second-order valence-corrected chi connectivity index (χ2v) is 24.4. The molecule has 86 heavy (non-hydrogen) atoms. The Morgan fingerprint density at radius 1 is 0.140 bits per heavy atom. The predicted octanol–water partition coefficient (Wildman–Crippen LogP) is 24.8. The summed E-state index contributed by atoms with van der Waals surface area (Å²) in [6, 6.07) is 121. The van der Waals surface area contributed by atoms with Gasteiger partial charge in [-0.15, -0.1) is 22.7 Å². The van der Waals surface area contributed by atoms with Crippen LogP contribution in [0.3, 0.4) is 0 Å². The highest BCUT2D eigenvalue weighted by molar-refractivity contribution is 7.26. The minimum absolute atomic E-state index is 1.19. The average Bonchev–Trinajstić information content (AvgIpc) is 1.78. The molecule has 0 saturated carbocycles. The lowest BCUT2D eigenvalue weighted by Crippen LogP contribution is -1.91. The number of benzene rings is 14. The van der Waals surface area contributed by atoms with Crippen molar-refractivity contribution in [1.29, 1.82) is 0 Å². The smallest absolute Gasteiger partial charge is 0.0434 e. The first-order valence-electron chi connectivity index (χ1n) is 29.4. The van der Waals surface area contributed by atoms with Crippen molar-refractivity contribution in [3.63, 3.8) is 0 Å². The first kappa shape index (κ1) is 51.2. The molecule has 0 atom stereocenters. The molecule has 0 nitrogen and oxygen atoms in total. The summed E-state index contributed by atoms with van der Waals surface area (Å²) in [6.07, 6.45) is 0. The molecule has 2 aromatic heterocycles. The van der Waals surface area contributed by atoms with Crippen molar-refractivity contribution in [3.8, 4) is 122 Å². The van der Waals surface area contributed by atoms with Crippen molar-refractivity contribution in [2.75, 3.05) is 0 Å². The zero-order valence-corrected chi connectivity index (χ0v) is 48.6. The lowest BCUT2D eigenvalue weighted by atomic mass is 9.86. The Morgan fingerprint density at radius 2 is 0.349 bits per heavy atom. The van der Waals surface area contributed by atoms with Gasteiger partial charge in [-0.1, -0.05) is 279 Å². The van der Waals surface area contributed by atoms with Crippen LogP contribution >= 0.6 is 22.7 Å². The zero-order valence-electron chi connectivity index (χ0n) is 47.0. The highest BCUT2D eigenvalue weighted by atomic mass is 32.1. The summed E-state index contributed by atoms with van der Waals surface area (Å²) < 4.78 is 5.11. The van der Waals surface area contributed by atoms with Gasteiger partial charge in [0.15, 0.2) is 0 Å². The first-order chi connectivity index (χ1) is 42.6. The summed E-state index contributed by atoms with van der Waals surface area (Å²) in [5.74, 6) is 0. The third kappa shape index (κ3) is 9.52. The van der Waals surface area contributed by atoms with Crippen LogP contribution in [-0.4, -0.2) is 0 Å². The van der Waals surface area contributed by atoms with Crippen molar-refractivity contribution in [2.45, 2.75) is 0 Å². The topological polar surface area (TPSA) is 0 Å². The highest BCUT2D eigenvalue weighted by Gasteiger charge is 2.22. The molecule has 402 valence electrons. The van der Waals surface area contributed by atoms with E-state index in [0.717, 1.165) is 0 Å². The van der Waals surface area contributed by atoms with Gasteiger partial charge in [0.1, 0.15) is 0 Å². The molecule has 0 aliphatic rings. The van der Waals surface area contributed by atoms with Crippen molar-refractivity contribution in [2.24, 2.45) is 0 Å². The van der Waals surface area contributed by atoms with Gasteiger partial charge in [0.25, 0.3) is 0 Å². The van der Waals surface area contributed by atoms with Crippen LogP contribution in [-0.2, 0) is 0 Å². The van der Waals surface area contributed by atoms with Crippen LogP contribution in [0.2, 0.25) is 0 Å². The molecular weight excluding hydrogens is 1070 g/mol. The molecule has 14 aromatic carbocycles. The maximum atomic E-state index is 2.45. The quantitative estimate of drug-likeness (QED) is 0.121. The van der Waals surface area contributed by atoms with Crippen molar-refractivity contribution >= 4 is 63.0 Å². The predicted molar refractivity (Wildman–Crippen MR) is 372 cm³/mol. The molecule has 0 aliphatic carbocycles. The number of fused-ring (bicyclic) bond motifs is 6. The summed E-state index contributed by atoms with van der Waals surface area (Å²) in [6.45, 7) is 0. The summed E-state index contributed by atoms with van der Waals surface area (Å²) in [7, 11) is 0. The standard InChI is InChI=1S/C84H54S2/c1-5-17-55(18-6-1)59-29-37-63(38-30-59)67-45-47-81-75(49-67)79-53-69(65-41-33-61(34-42-65)57-21-9-3-10-22-57)51-77(83(79)85-81)73-27-15-13-25-71(73)72-26-14-16-28-74(72)78-52-70(66-43-35-62(36-44-66)58-23-11-4-12-24-58)54-80-76-50-68(46-48-82(76)86-84(78)80)64-39-31-60(32-40-64)56-19-7-2-8-20-56/h1-54H. The van der Waals surface area contributed by atoms with Gasteiger partial charge in [-0.05, 0) is 160 Å². The third-order valence-electron chi connectivity index (χ3n) is 17.2. The molecule has 0 aliphatic heterocycles. The summed E-state index contributed by atoms with van der Waals surface area (Å²) in [4.78, 5) is 0. The molecular formula is C84H54S2. The molecule has 0 radical (unpaired) electrons. The summed E-state index contributed by atoms with van der Waals surface area (Å²) in [5.41, 5.74) is 26.6. The van der Waals surface area contributed by atoms with Gasteiger partial charge in [-0.25, -0.2) is 0 Å². The van der Waals surface area contributed by atoms with Crippen molar-refractivity contribution < 1.29 is 0 Å². The monoisotopic (exact) mass is 1130 g/mol. The lowest BCUT2D eigenvalue weighted by Gasteiger charge is -2.17. The van der Waals surface area contributed by atoms with Crippen LogP contribution in [0.15, 0.2) is 328 Å².